The summed E-state index contributed by atoms with van der Waals surface area (Å²) in [5.74, 6) is -0.682. The normalized spacial score (nSPS) is 12.1. The molecule has 0 saturated heterocycles. The number of nitrogens with one attached hydrogen (secondary N) is 1. The minimum atomic E-state index is -4.12. The van der Waals surface area contributed by atoms with E-state index in [1.807, 2.05) is 0 Å². The minimum Gasteiger partial charge on any atom is -0.495 e. The molecule has 1 N–H and O–H groups in total. The highest BCUT2D eigenvalue weighted by atomic mass is 32.2. The Hall–Kier alpha value is -3.39. The number of hydrogen-bond donors (Lipinski definition) is 1. The van der Waals surface area contributed by atoms with Gasteiger partial charge in [-0.25, -0.2) is 12.8 Å². The van der Waals surface area contributed by atoms with Crippen LogP contribution < -0.4 is 14.4 Å². The van der Waals surface area contributed by atoms with Gasteiger partial charge >= 0.3 is 0 Å². The van der Waals surface area contributed by atoms with Crippen molar-refractivity contribution in [2.75, 3.05) is 18.0 Å². The lowest BCUT2D eigenvalue weighted by Crippen LogP contribution is -2.41. The van der Waals surface area contributed by atoms with Crippen molar-refractivity contribution in [1.82, 2.24) is 5.32 Å². The van der Waals surface area contributed by atoms with Crippen molar-refractivity contribution in [1.29, 1.82) is 0 Å². The molecule has 0 unspecified atom stereocenters. The van der Waals surface area contributed by atoms with E-state index in [9.17, 15) is 17.6 Å². The van der Waals surface area contributed by atoms with E-state index < -0.39 is 28.5 Å². The second-order valence-electron chi connectivity index (χ2n) is 7.34. The molecular formula is C24H25FN2O4S. The lowest BCUT2D eigenvalue weighted by molar-refractivity contribution is -0.120. The fraction of sp³-hybridized carbons (Fsp3) is 0.208. The zero-order valence-electron chi connectivity index (χ0n) is 18.1. The molecule has 0 saturated carbocycles. The smallest absolute Gasteiger partial charge is 0.268 e. The van der Waals surface area contributed by atoms with Crippen LogP contribution in [0.5, 0.6) is 5.75 Å². The highest BCUT2D eigenvalue weighted by molar-refractivity contribution is 7.93. The second kappa shape index (κ2) is 9.82. The van der Waals surface area contributed by atoms with Crippen molar-refractivity contribution < 1.29 is 22.3 Å². The average Bonchev–Trinajstić information content (AvgIpc) is 2.78. The second-order valence-corrected chi connectivity index (χ2v) is 9.17. The van der Waals surface area contributed by atoms with Gasteiger partial charge in [0.25, 0.3) is 10.0 Å². The van der Waals surface area contributed by atoms with Crippen molar-refractivity contribution in [3.63, 3.8) is 0 Å². The van der Waals surface area contributed by atoms with E-state index in [0.717, 1.165) is 9.87 Å². The molecule has 0 aromatic heterocycles. The molecule has 0 aliphatic heterocycles. The largest absolute Gasteiger partial charge is 0.495 e. The fourth-order valence-corrected chi connectivity index (χ4v) is 4.93. The standard InChI is InChI=1S/C24H25FN2O4S/c1-17-9-14-22(31-3)23(15-17)32(29,30)27(21-7-5-4-6-8-21)16-24(28)26-18(2)19-10-12-20(25)13-11-19/h4-15,18H,16H2,1-3H3,(H,26,28)/t18-/m1/s1. The molecule has 0 heterocycles. The van der Waals surface area contributed by atoms with Gasteiger partial charge in [-0.15, -0.1) is 0 Å². The molecule has 0 aliphatic rings. The molecule has 0 fully saturated rings. The predicted molar refractivity (Wildman–Crippen MR) is 122 cm³/mol. The third-order valence-corrected chi connectivity index (χ3v) is 6.76. The van der Waals surface area contributed by atoms with Gasteiger partial charge in [-0.1, -0.05) is 36.4 Å². The number of halogens is 1. The van der Waals surface area contributed by atoms with Gasteiger partial charge in [0.15, 0.2) is 0 Å². The minimum absolute atomic E-state index is 0.0248. The number of para-hydroxylation sites is 1. The van der Waals surface area contributed by atoms with Crippen LogP contribution in [0.3, 0.4) is 0 Å². The summed E-state index contributed by atoms with van der Waals surface area (Å²) in [6, 6.07) is 18.6. The molecular weight excluding hydrogens is 431 g/mol. The van der Waals surface area contributed by atoms with Crippen LogP contribution in [-0.2, 0) is 14.8 Å². The Kier molecular flexibility index (Phi) is 7.15. The van der Waals surface area contributed by atoms with Crippen LogP contribution in [0.25, 0.3) is 0 Å². The van der Waals surface area contributed by atoms with Crippen LogP contribution in [0.15, 0.2) is 77.7 Å². The Bertz CT molecular complexity index is 1180. The Balaban J connectivity index is 1.93. The summed E-state index contributed by atoms with van der Waals surface area (Å²) in [6.07, 6.45) is 0. The van der Waals surface area contributed by atoms with Gasteiger partial charge in [-0.2, -0.15) is 0 Å². The lowest BCUT2D eigenvalue weighted by Gasteiger charge is -2.26. The van der Waals surface area contributed by atoms with E-state index in [2.05, 4.69) is 5.32 Å². The van der Waals surface area contributed by atoms with E-state index in [1.54, 1.807) is 68.4 Å². The third kappa shape index (κ3) is 5.26. The Morgan fingerprint density at radius 1 is 1.06 bits per heavy atom. The number of carbonyl (C=O) groups is 1. The summed E-state index contributed by atoms with van der Waals surface area (Å²) < 4.78 is 46.7. The molecule has 1 amide bonds. The molecule has 1 atom stereocenters. The molecule has 0 radical (unpaired) electrons. The van der Waals surface area contributed by atoms with Crippen LogP contribution in [0.4, 0.5) is 10.1 Å². The monoisotopic (exact) mass is 456 g/mol. The maximum atomic E-state index is 13.6. The first-order valence-corrected chi connectivity index (χ1v) is 11.4. The molecule has 168 valence electrons. The van der Waals surface area contributed by atoms with Crippen LogP contribution >= 0.6 is 0 Å². The number of aryl methyl sites for hydroxylation is 1. The Morgan fingerprint density at radius 2 is 1.72 bits per heavy atom. The fourth-order valence-electron chi connectivity index (χ4n) is 3.27. The van der Waals surface area contributed by atoms with Gasteiger partial charge in [0.2, 0.25) is 5.91 Å². The quantitative estimate of drug-likeness (QED) is 0.551. The maximum Gasteiger partial charge on any atom is 0.268 e. The predicted octanol–water partition coefficient (Wildman–Crippen LogP) is 4.22. The third-order valence-electron chi connectivity index (χ3n) is 4.97. The van der Waals surface area contributed by atoms with Gasteiger partial charge in [-0.3, -0.25) is 9.10 Å². The van der Waals surface area contributed by atoms with Crippen LogP contribution in [-0.4, -0.2) is 28.0 Å². The summed E-state index contributed by atoms with van der Waals surface area (Å²) in [7, 11) is -2.73. The molecule has 3 aromatic rings. The maximum absolute atomic E-state index is 13.6. The molecule has 8 heteroatoms. The summed E-state index contributed by atoms with van der Waals surface area (Å²) in [5, 5.41) is 2.78. The number of ether oxygens (including phenoxy) is 1. The van der Waals surface area contributed by atoms with Crippen molar-refractivity contribution >= 4 is 21.6 Å². The number of nitrogens with zero attached hydrogens (tertiary/aromatic N) is 1. The number of anilines is 1. The van der Waals surface area contributed by atoms with Gasteiger partial charge in [-0.05, 0) is 61.4 Å². The first kappa shape index (κ1) is 23.3. The zero-order chi connectivity index (χ0) is 23.3. The van der Waals surface area contributed by atoms with Gasteiger partial charge in [0.05, 0.1) is 18.8 Å². The molecule has 3 aromatic carbocycles. The van der Waals surface area contributed by atoms with Crippen LogP contribution in [0, 0.1) is 12.7 Å². The highest BCUT2D eigenvalue weighted by Crippen LogP contribution is 2.30. The zero-order valence-corrected chi connectivity index (χ0v) is 18.9. The summed E-state index contributed by atoms with van der Waals surface area (Å²) in [4.78, 5) is 12.8. The molecule has 0 bridgehead atoms. The van der Waals surface area contributed by atoms with E-state index in [0.29, 0.717) is 11.3 Å². The highest BCUT2D eigenvalue weighted by Gasteiger charge is 2.30. The molecule has 6 nitrogen and oxygen atoms in total. The average molecular weight is 457 g/mol. The molecule has 0 spiro atoms. The number of carbonyl (C=O) groups excluding carboxylic acids is 1. The van der Waals surface area contributed by atoms with Crippen molar-refractivity contribution in [2.24, 2.45) is 0 Å². The number of methoxy groups -OCH3 is 1. The summed E-state index contributed by atoms with van der Waals surface area (Å²) >= 11 is 0. The van der Waals surface area contributed by atoms with Gasteiger partial charge < -0.3 is 10.1 Å². The van der Waals surface area contributed by atoms with E-state index in [-0.39, 0.29) is 16.5 Å². The Morgan fingerprint density at radius 3 is 2.34 bits per heavy atom. The first-order valence-electron chi connectivity index (χ1n) is 9.99. The van der Waals surface area contributed by atoms with Crippen molar-refractivity contribution in [3.8, 4) is 5.75 Å². The van der Waals surface area contributed by atoms with Crippen LogP contribution in [0.1, 0.15) is 24.1 Å². The molecule has 0 aliphatic carbocycles. The van der Waals surface area contributed by atoms with Crippen LogP contribution in [0.2, 0.25) is 0 Å². The van der Waals surface area contributed by atoms with E-state index in [4.69, 9.17) is 4.74 Å². The summed E-state index contributed by atoms with van der Waals surface area (Å²) in [5.41, 5.74) is 1.79. The van der Waals surface area contributed by atoms with E-state index >= 15 is 0 Å². The SMILES string of the molecule is COc1ccc(C)cc1S(=O)(=O)N(CC(=O)N[C@H](C)c1ccc(F)cc1)c1ccccc1. The number of benzene rings is 3. The van der Waals surface area contributed by atoms with Gasteiger partial charge in [0, 0.05) is 0 Å². The number of sulfonamides is 1. The lowest BCUT2D eigenvalue weighted by atomic mass is 10.1. The Labute approximate surface area is 187 Å². The van der Waals surface area contributed by atoms with E-state index in [1.165, 1.54) is 25.3 Å². The van der Waals surface area contributed by atoms with Crippen molar-refractivity contribution in [2.45, 2.75) is 24.8 Å². The van der Waals surface area contributed by atoms with Gasteiger partial charge in [0.1, 0.15) is 23.0 Å². The number of amides is 1. The molecule has 32 heavy (non-hydrogen) atoms. The first-order chi connectivity index (χ1) is 15.2. The molecule has 3 rings (SSSR count). The number of hydrogen-bond acceptors (Lipinski definition) is 4. The summed E-state index contributed by atoms with van der Waals surface area (Å²) in [6.45, 7) is 3.09. The number of rotatable bonds is 8. The topological polar surface area (TPSA) is 75.7 Å². The van der Waals surface area contributed by atoms with Crippen molar-refractivity contribution in [3.05, 3.63) is 89.7 Å².